The van der Waals surface area contributed by atoms with Crippen LogP contribution >= 0.6 is 0 Å². The van der Waals surface area contributed by atoms with E-state index >= 15 is 0 Å². The van der Waals surface area contributed by atoms with E-state index < -0.39 is 8.32 Å². The van der Waals surface area contributed by atoms with Gasteiger partial charge in [0.05, 0.1) is 0 Å². The Morgan fingerprint density at radius 2 is 1.38 bits per heavy atom. The van der Waals surface area contributed by atoms with Crippen LogP contribution < -0.4 is 0 Å². The van der Waals surface area contributed by atoms with Crippen LogP contribution in [0.4, 0.5) is 0 Å². The Balaban J connectivity index is 2.37. The average molecular weight is 409 g/mol. The number of benzene rings is 2. The number of allylic oxidation sites excluding steroid dienone is 1. The molecule has 0 amide bonds. The molecule has 0 aliphatic carbocycles. The Morgan fingerprint density at radius 1 is 0.828 bits per heavy atom. The van der Waals surface area contributed by atoms with Crippen molar-refractivity contribution in [1.29, 1.82) is 0 Å². The van der Waals surface area contributed by atoms with Crippen LogP contribution in [0.25, 0.3) is 5.57 Å². The summed E-state index contributed by atoms with van der Waals surface area (Å²) in [4.78, 5) is 0. The number of hydrogen-bond acceptors (Lipinski definition) is 1. The molecule has 2 aromatic rings. The van der Waals surface area contributed by atoms with E-state index in [4.69, 9.17) is 4.43 Å². The van der Waals surface area contributed by atoms with Gasteiger partial charge in [-0.25, -0.2) is 0 Å². The second kappa shape index (κ2) is 11.5. The SMILES string of the molecule is CCCCCCCCC(/C=C(\C)c1ccccc1)(O[Si](C)(C)C)c1ccccc1. The molecule has 0 N–H and O–H groups in total. The smallest absolute Gasteiger partial charge is 0.185 e. The minimum Gasteiger partial charge on any atom is -0.405 e. The van der Waals surface area contributed by atoms with E-state index in [0.717, 1.165) is 6.42 Å². The van der Waals surface area contributed by atoms with Crippen LogP contribution in [0.3, 0.4) is 0 Å². The van der Waals surface area contributed by atoms with E-state index in [9.17, 15) is 0 Å². The quantitative estimate of drug-likeness (QED) is 0.252. The zero-order valence-corrected chi connectivity index (χ0v) is 20.2. The van der Waals surface area contributed by atoms with Crippen LogP contribution in [-0.4, -0.2) is 8.32 Å². The maximum atomic E-state index is 6.99. The molecule has 0 spiro atoms. The van der Waals surface area contributed by atoms with Gasteiger partial charge in [0, 0.05) is 0 Å². The van der Waals surface area contributed by atoms with Crippen molar-refractivity contribution < 1.29 is 4.43 Å². The highest BCUT2D eigenvalue weighted by Gasteiger charge is 2.35. The lowest BCUT2D eigenvalue weighted by molar-refractivity contribution is 0.0973. The number of hydrogen-bond donors (Lipinski definition) is 0. The maximum absolute atomic E-state index is 6.99. The predicted molar refractivity (Wildman–Crippen MR) is 131 cm³/mol. The molecule has 0 saturated heterocycles. The van der Waals surface area contributed by atoms with Gasteiger partial charge in [-0.05, 0) is 62.2 Å². The lowest BCUT2D eigenvalue weighted by Gasteiger charge is -2.38. The summed E-state index contributed by atoms with van der Waals surface area (Å²) in [5.41, 5.74) is 3.50. The summed E-state index contributed by atoms with van der Waals surface area (Å²) >= 11 is 0. The Labute approximate surface area is 180 Å². The summed E-state index contributed by atoms with van der Waals surface area (Å²) in [6.07, 6.45) is 11.2. The Kier molecular flexibility index (Phi) is 9.39. The highest BCUT2D eigenvalue weighted by atomic mass is 28.4. The van der Waals surface area contributed by atoms with Gasteiger partial charge < -0.3 is 4.43 Å². The van der Waals surface area contributed by atoms with Gasteiger partial charge in [-0.2, -0.15) is 0 Å². The molecule has 0 aliphatic heterocycles. The third-order valence-electron chi connectivity index (χ3n) is 5.33. The monoisotopic (exact) mass is 408 g/mol. The Hall–Kier alpha value is -1.64. The van der Waals surface area contributed by atoms with Crippen molar-refractivity contribution in [2.24, 2.45) is 0 Å². The van der Waals surface area contributed by atoms with Crippen molar-refractivity contribution in [3.63, 3.8) is 0 Å². The van der Waals surface area contributed by atoms with Gasteiger partial charge in [0.15, 0.2) is 8.32 Å². The lowest BCUT2D eigenvalue weighted by Crippen LogP contribution is -2.39. The molecule has 0 bridgehead atoms. The standard InChI is InChI=1S/C27H40OSi/c1-6-7-8-9-10-17-22-27(28-29(3,4)5,26-20-15-12-16-21-26)23-24(2)25-18-13-11-14-19-25/h11-16,18-21,23H,6-10,17,22H2,1-5H3/b24-23+. The van der Waals surface area contributed by atoms with E-state index in [1.807, 2.05) is 0 Å². The lowest BCUT2D eigenvalue weighted by atomic mass is 9.85. The second-order valence-electron chi connectivity index (χ2n) is 9.18. The summed E-state index contributed by atoms with van der Waals surface area (Å²) in [7, 11) is -1.77. The third kappa shape index (κ3) is 7.95. The molecule has 0 aromatic heterocycles. The first kappa shape index (κ1) is 23.6. The Morgan fingerprint density at radius 3 is 1.97 bits per heavy atom. The van der Waals surface area contributed by atoms with Crippen molar-refractivity contribution >= 4 is 13.9 Å². The predicted octanol–water partition coefficient (Wildman–Crippen LogP) is 8.59. The fourth-order valence-corrected chi connectivity index (χ4v) is 5.38. The van der Waals surface area contributed by atoms with E-state index in [1.165, 1.54) is 55.2 Å². The van der Waals surface area contributed by atoms with E-state index in [1.54, 1.807) is 0 Å². The Bertz CT molecular complexity index is 730. The summed E-state index contributed by atoms with van der Waals surface area (Å²) < 4.78 is 6.99. The van der Waals surface area contributed by atoms with Crippen molar-refractivity contribution in [3.05, 3.63) is 77.9 Å². The third-order valence-corrected chi connectivity index (χ3v) is 6.31. The zero-order chi connectivity index (χ0) is 21.2. The minimum absolute atomic E-state index is 0.351. The minimum atomic E-state index is -1.77. The van der Waals surface area contributed by atoms with E-state index in [0.29, 0.717) is 0 Å². The molecular formula is C27H40OSi. The van der Waals surface area contributed by atoms with Crippen molar-refractivity contribution in [2.45, 2.75) is 84.0 Å². The van der Waals surface area contributed by atoms with Crippen LogP contribution in [-0.2, 0) is 10.0 Å². The van der Waals surface area contributed by atoms with Gasteiger partial charge in [0.2, 0.25) is 0 Å². The van der Waals surface area contributed by atoms with Crippen molar-refractivity contribution in [3.8, 4) is 0 Å². The van der Waals surface area contributed by atoms with Gasteiger partial charge in [-0.1, -0.05) is 99.7 Å². The summed E-state index contributed by atoms with van der Waals surface area (Å²) in [6.45, 7) is 11.4. The molecule has 0 aliphatic rings. The number of unbranched alkanes of at least 4 members (excludes halogenated alkanes) is 5. The van der Waals surface area contributed by atoms with Crippen LogP contribution in [0.1, 0.15) is 69.9 Å². The van der Waals surface area contributed by atoms with Gasteiger partial charge in [-0.15, -0.1) is 0 Å². The van der Waals surface area contributed by atoms with Gasteiger partial charge in [0.1, 0.15) is 5.60 Å². The molecule has 0 fully saturated rings. The van der Waals surface area contributed by atoms with Crippen LogP contribution in [0.15, 0.2) is 66.7 Å². The molecule has 29 heavy (non-hydrogen) atoms. The largest absolute Gasteiger partial charge is 0.405 e. The molecule has 1 unspecified atom stereocenters. The molecule has 158 valence electrons. The van der Waals surface area contributed by atoms with Gasteiger partial charge in [-0.3, -0.25) is 0 Å². The van der Waals surface area contributed by atoms with Crippen LogP contribution in [0, 0.1) is 0 Å². The first-order valence-corrected chi connectivity index (χ1v) is 14.8. The van der Waals surface area contributed by atoms with E-state index in [2.05, 4.69) is 100 Å². The number of rotatable bonds is 12. The van der Waals surface area contributed by atoms with Gasteiger partial charge >= 0.3 is 0 Å². The first-order chi connectivity index (χ1) is 13.9. The fourth-order valence-electron chi connectivity index (χ4n) is 4.01. The molecule has 2 aromatic carbocycles. The van der Waals surface area contributed by atoms with Gasteiger partial charge in [0.25, 0.3) is 0 Å². The molecule has 2 heteroatoms. The second-order valence-corrected chi connectivity index (χ2v) is 13.6. The molecular weight excluding hydrogens is 368 g/mol. The highest BCUT2D eigenvalue weighted by Crippen LogP contribution is 2.38. The zero-order valence-electron chi connectivity index (χ0n) is 19.2. The molecule has 2 rings (SSSR count). The summed E-state index contributed by atoms with van der Waals surface area (Å²) in [6, 6.07) is 21.6. The van der Waals surface area contributed by atoms with Crippen LogP contribution in [0.2, 0.25) is 19.6 Å². The maximum Gasteiger partial charge on any atom is 0.185 e. The first-order valence-electron chi connectivity index (χ1n) is 11.4. The van der Waals surface area contributed by atoms with Crippen LogP contribution in [0.5, 0.6) is 0 Å². The molecule has 1 atom stereocenters. The highest BCUT2D eigenvalue weighted by molar-refractivity contribution is 6.69. The average Bonchev–Trinajstić information content (AvgIpc) is 2.70. The molecule has 1 nitrogen and oxygen atoms in total. The normalized spacial score (nSPS) is 14.6. The van der Waals surface area contributed by atoms with E-state index in [-0.39, 0.29) is 5.60 Å². The summed E-state index contributed by atoms with van der Waals surface area (Å²) in [5, 5.41) is 0. The molecule has 0 heterocycles. The molecule has 0 saturated carbocycles. The van der Waals surface area contributed by atoms with Crippen molar-refractivity contribution in [2.75, 3.05) is 0 Å². The molecule has 0 radical (unpaired) electrons. The topological polar surface area (TPSA) is 9.23 Å². The fraction of sp³-hybridized carbons (Fsp3) is 0.481. The summed E-state index contributed by atoms with van der Waals surface area (Å²) in [5.74, 6) is 0. The van der Waals surface area contributed by atoms with Crippen molar-refractivity contribution in [1.82, 2.24) is 0 Å².